The summed E-state index contributed by atoms with van der Waals surface area (Å²) in [6.07, 6.45) is 3.88. The standard InChI is InChI=1S/C23H22FN5O2/c1-12(19-11-25-29(14(19)3)17-8-6-16(24)7-9-17)26-22(30)18-10-20(15-4-5-15)27-23-21(18)13(2)28-31-23/h6-12,15H,4-5H2,1-3H3,(H,26,30)/t12-/m1/s1. The lowest BCUT2D eigenvalue weighted by molar-refractivity contribution is 0.0941. The van der Waals surface area contributed by atoms with Gasteiger partial charge in [0.2, 0.25) is 0 Å². The van der Waals surface area contributed by atoms with E-state index < -0.39 is 0 Å². The average Bonchev–Trinajstić information content (AvgIpc) is 3.44. The number of amides is 1. The molecule has 158 valence electrons. The van der Waals surface area contributed by atoms with Crippen molar-refractivity contribution in [3.05, 3.63) is 70.6 Å². The molecule has 8 heteroatoms. The van der Waals surface area contributed by atoms with E-state index in [0.29, 0.717) is 28.3 Å². The first-order chi connectivity index (χ1) is 14.9. The molecule has 1 atom stereocenters. The molecule has 1 aromatic carbocycles. The summed E-state index contributed by atoms with van der Waals surface area (Å²) in [7, 11) is 0. The molecule has 0 bridgehead atoms. The number of carbonyl (C=O) groups is 1. The van der Waals surface area contributed by atoms with Gasteiger partial charge < -0.3 is 9.84 Å². The maximum Gasteiger partial charge on any atom is 0.259 e. The quantitative estimate of drug-likeness (QED) is 0.514. The van der Waals surface area contributed by atoms with E-state index in [0.717, 1.165) is 35.5 Å². The Hall–Kier alpha value is -3.55. The highest BCUT2D eigenvalue weighted by molar-refractivity contribution is 6.06. The second-order valence-corrected chi connectivity index (χ2v) is 8.09. The van der Waals surface area contributed by atoms with E-state index in [1.165, 1.54) is 12.1 Å². The van der Waals surface area contributed by atoms with Gasteiger partial charge in [0.05, 0.1) is 34.6 Å². The molecule has 31 heavy (non-hydrogen) atoms. The number of fused-ring (bicyclic) bond motifs is 1. The third-order valence-corrected chi connectivity index (χ3v) is 5.81. The van der Waals surface area contributed by atoms with E-state index >= 15 is 0 Å². The van der Waals surface area contributed by atoms with Gasteiger partial charge in [-0.15, -0.1) is 0 Å². The first-order valence-electron chi connectivity index (χ1n) is 10.3. The highest BCUT2D eigenvalue weighted by atomic mass is 19.1. The van der Waals surface area contributed by atoms with Crippen molar-refractivity contribution in [3.8, 4) is 5.69 Å². The molecule has 4 aromatic rings. The van der Waals surface area contributed by atoms with Gasteiger partial charge in [0.1, 0.15) is 5.82 Å². The Kier molecular flexibility index (Phi) is 4.57. The third-order valence-electron chi connectivity index (χ3n) is 5.81. The van der Waals surface area contributed by atoms with Gasteiger partial charge in [0.25, 0.3) is 11.6 Å². The number of carbonyl (C=O) groups excluding carboxylic acids is 1. The minimum Gasteiger partial charge on any atom is -0.345 e. The van der Waals surface area contributed by atoms with Gasteiger partial charge in [-0.1, -0.05) is 5.16 Å². The van der Waals surface area contributed by atoms with Crippen LogP contribution in [0.3, 0.4) is 0 Å². The summed E-state index contributed by atoms with van der Waals surface area (Å²) < 4.78 is 20.3. The number of rotatable bonds is 5. The normalized spacial score (nSPS) is 14.7. The summed E-state index contributed by atoms with van der Waals surface area (Å²) in [5, 5.41) is 12.1. The van der Waals surface area contributed by atoms with Crippen LogP contribution in [-0.2, 0) is 0 Å². The molecule has 5 rings (SSSR count). The number of benzene rings is 1. The number of halogens is 1. The van der Waals surface area contributed by atoms with Crippen molar-refractivity contribution in [2.75, 3.05) is 0 Å². The van der Waals surface area contributed by atoms with Crippen LogP contribution in [0, 0.1) is 19.7 Å². The zero-order chi connectivity index (χ0) is 21.7. The molecule has 0 unspecified atom stereocenters. The van der Waals surface area contributed by atoms with Crippen molar-refractivity contribution in [1.29, 1.82) is 0 Å². The van der Waals surface area contributed by atoms with Crippen LogP contribution < -0.4 is 5.32 Å². The minimum absolute atomic E-state index is 0.206. The minimum atomic E-state index is -0.298. The second-order valence-electron chi connectivity index (χ2n) is 8.09. The lowest BCUT2D eigenvalue weighted by Crippen LogP contribution is -2.27. The fraction of sp³-hybridized carbons (Fsp3) is 0.304. The van der Waals surface area contributed by atoms with Crippen molar-refractivity contribution < 1.29 is 13.7 Å². The van der Waals surface area contributed by atoms with E-state index in [9.17, 15) is 9.18 Å². The van der Waals surface area contributed by atoms with Gasteiger partial charge in [-0.3, -0.25) is 4.79 Å². The topological polar surface area (TPSA) is 85.8 Å². The van der Waals surface area contributed by atoms with Crippen LogP contribution in [-0.4, -0.2) is 25.8 Å². The van der Waals surface area contributed by atoms with Crippen molar-refractivity contribution in [3.63, 3.8) is 0 Å². The summed E-state index contributed by atoms with van der Waals surface area (Å²) >= 11 is 0. The van der Waals surface area contributed by atoms with Crippen molar-refractivity contribution >= 4 is 17.0 Å². The van der Waals surface area contributed by atoms with Gasteiger partial charge in [-0.2, -0.15) is 5.10 Å². The number of pyridine rings is 1. The molecule has 1 saturated carbocycles. The van der Waals surface area contributed by atoms with Gasteiger partial charge in [0, 0.05) is 22.9 Å². The Morgan fingerprint density at radius 3 is 2.71 bits per heavy atom. The van der Waals surface area contributed by atoms with Gasteiger partial charge in [-0.25, -0.2) is 14.1 Å². The smallest absolute Gasteiger partial charge is 0.259 e. The zero-order valence-electron chi connectivity index (χ0n) is 17.5. The van der Waals surface area contributed by atoms with Crippen molar-refractivity contribution in [2.24, 2.45) is 0 Å². The maximum atomic E-state index is 13.2. The fourth-order valence-corrected chi connectivity index (χ4v) is 3.92. The first kappa shape index (κ1) is 19.4. The van der Waals surface area contributed by atoms with E-state index in [1.54, 1.807) is 29.9 Å². The number of aryl methyl sites for hydroxylation is 1. The lowest BCUT2D eigenvalue weighted by atomic mass is 10.1. The Bertz CT molecular complexity index is 1290. The van der Waals surface area contributed by atoms with Gasteiger partial charge >= 0.3 is 0 Å². The molecule has 0 spiro atoms. The molecule has 1 N–H and O–H groups in total. The Balaban J connectivity index is 1.44. The molecular formula is C23H22FN5O2. The molecule has 7 nitrogen and oxygen atoms in total. The second kappa shape index (κ2) is 7.30. The number of hydrogen-bond donors (Lipinski definition) is 1. The summed E-state index contributed by atoms with van der Waals surface area (Å²) in [5.74, 6) is -0.121. The molecular weight excluding hydrogens is 397 g/mol. The fourth-order valence-electron chi connectivity index (χ4n) is 3.92. The van der Waals surface area contributed by atoms with Crippen LogP contribution in [0.4, 0.5) is 4.39 Å². The molecule has 3 heterocycles. The van der Waals surface area contributed by atoms with E-state index in [2.05, 4.69) is 20.6 Å². The number of aromatic nitrogens is 4. The van der Waals surface area contributed by atoms with Crippen LogP contribution in [0.2, 0.25) is 0 Å². The molecule has 3 aromatic heterocycles. The molecule has 1 aliphatic carbocycles. The Morgan fingerprint density at radius 2 is 2.00 bits per heavy atom. The highest BCUT2D eigenvalue weighted by Gasteiger charge is 2.29. The first-order valence-corrected chi connectivity index (χ1v) is 10.3. The van der Waals surface area contributed by atoms with Gasteiger partial charge in [0.15, 0.2) is 0 Å². The largest absolute Gasteiger partial charge is 0.345 e. The van der Waals surface area contributed by atoms with E-state index in [4.69, 9.17) is 4.52 Å². The Labute approximate surface area is 178 Å². The molecule has 0 saturated heterocycles. The third kappa shape index (κ3) is 3.48. The molecule has 1 fully saturated rings. The number of hydrogen-bond acceptors (Lipinski definition) is 5. The predicted molar refractivity (Wildman–Crippen MR) is 113 cm³/mol. The highest BCUT2D eigenvalue weighted by Crippen LogP contribution is 2.40. The van der Waals surface area contributed by atoms with Gasteiger partial charge in [-0.05, 0) is 63.9 Å². The summed E-state index contributed by atoms with van der Waals surface area (Å²) in [5.41, 5.74) is 4.96. The summed E-state index contributed by atoms with van der Waals surface area (Å²) in [4.78, 5) is 17.8. The molecule has 0 aliphatic heterocycles. The summed E-state index contributed by atoms with van der Waals surface area (Å²) in [6, 6.07) is 7.72. The lowest BCUT2D eigenvalue weighted by Gasteiger charge is -2.15. The SMILES string of the molecule is Cc1noc2nc(C3CC3)cc(C(=O)N[C@H](C)c3cnn(-c4ccc(F)cc4)c3C)c12. The number of nitrogens with zero attached hydrogens (tertiary/aromatic N) is 4. The average molecular weight is 419 g/mol. The van der Waals surface area contributed by atoms with Crippen LogP contribution in [0.25, 0.3) is 16.8 Å². The van der Waals surface area contributed by atoms with Crippen molar-refractivity contribution in [2.45, 2.75) is 45.6 Å². The van der Waals surface area contributed by atoms with Crippen LogP contribution in [0.15, 0.2) is 41.1 Å². The number of nitrogens with one attached hydrogen (secondary N) is 1. The molecule has 1 aliphatic rings. The van der Waals surface area contributed by atoms with E-state index in [-0.39, 0.29) is 17.8 Å². The van der Waals surface area contributed by atoms with Crippen LogP contribution >= 0.6 is 0 Å². The molecule has 0 radical (unpaired) electrons. The van der Waals surface area contributed by atoms with E-state index in [1.807, 2.05) is 19.9 Å². The zero-order valence-corrected chi connectivity index (χ0v) is 17.5. The predicted octanol–water partition coefficient (Wildman–Crippen LogP) is 4.53. The maximum absolute atomic E-state index is 13.2. The Morgan fingerprint density at radius 1 is 1.26 bits per heavy atom. The summed E-state index contributed by atoms with van der Waals surface area (Å²) in [6.45, 7) is 5.65. The van der Waals surface area contributed by atoms with Crippen LogP contribution in [0.1, 0.15) is 64.7 Å². The molecule has 1 amide bonds. The van der Waals surface area contributed by atoms with Crippen LogP contribution in [0.5, 0.6) is 0 Å². The van der Waals surface area contributed by atoms with Crippen molar-refractivity contribution in [1.82, 2.24) is 25.2 Å². The monoisotopic (exact) mass is 419 g/mol.